The highest BCUT2D eigenvalue weighted by Gasteiger charge is 2.23. The number of nitrogens with one attached hydrogen (secondary N) is 2. The average molecular weight is 676 g/mol. The number of nitrogens with two attached hydrogens (primary N) is 1. The molecule has 6 aromatic rings. The van der Waals surface area contributed by atoms with Gasteiger partial charge in [-0.05, 0) is 55.0 Å². The van der Waals surface area contributed by atoms with Gasteiger partial charge in [-0.2, -0.15) is 39.2 Å². The highest BCUT2D eigenvalue weighted by Crippen LogP contribution is 2.30. The first-order chi connectivity index (χ1) is 22.7. The van der Waals surface area contributed by atoms with Crippen LogP contribution in [0.15, 0.2) is 84.3 Å². The molecule has 4 aromatic heterocycles. The normalized spacial score (nSPS) is 16.4. The first-order valence-electron chi connectivity index (χ1n) is 15.2. The molecule has 16 heteroatoms. The van der Waals surface area contributed by atoms with Gasteiger partial charge in [0.15, 0.2) is 0 Å². The zero-order chi connectivity index (χ0) is 32.8. The van der Waals surface area contributed by atoms with Crippen LogP contribution in [-0.4, -0.2) is 53.7 Å². The molecule has 0 bridgehead atoms. The monoisotopic (exact) mass is 675 g/mol. The van der Waals surface area contributed by atoms with Crippen LogP contribution in [0.4, 0.5) is 17.3 Å². The van der Waals surface area contributed by atoms with E-state index >= 15 is 0 Å². The van der Waals surface area contributed by atoms with E-state index < -0.39 is 10.0 Å². The third-order valence-corrected chi connectivity index (χ3v) is 8.94. The minimum absolute atomic E-state index is 0.0514. The Morgan fingerprint density at radius 2 is 1.64 bits per heavy atom. The zero-order valence-electron chi connectivity index (χ0n) is 25.6. The molecule has 1 fully saturated rings. The van der Waals surface area contributed by atoms with Crippen molar-refractivity contribution in [3.8, 4) is 5.88 Å². The molecule has 0 saturated heterocycles. The van der Waals surface area contributed by atoms with Crippen LogP contribution < -0.4 is 20.5 Å². The van der Waals surface area contributed by atoms with Gasteiger partial charge in [-0.25, -0.2) is 13.6 Å². The van der Waals surface area contributed by atoms with Crippen molar-refractivity contribution < 1.29 is 13.2 Å². The number of sulfonamides is 1. The average Bonchev–Trinajstić information content (AvgIpc) is 3.74. The highest BCUT2D eigenvalue weighted by atomic mass is 35.5. The topological polar surface area (TPSA) is 180 Å². The van der Waals surface area contributed by atoms with Crippen LogP contribution in [0.1, 0.15) is 44.6 Å². The maximum absolute atomic E-state index is 11.4. The van der Waals surface area contributed by atoms with E-state index in [1.54, 1.807) is 33.3 Å². The number of primary sulfonamides is 1. The van der Waals surface area contributed by atoms with E-state index in [9.17, 15) is 8.42 Å². The van der Waals surface area contributed by atoms with E-state index in [1.807, 2.05) is 30.3 Å². The predicted molar refractivity (Wildman–Crippen MR) is 178 cm³/mol. The predicted octanol–water partition coefficient (Wildman–Crippen LogP) is 5.25. The molecule has 1 aliphatic carbocycles. The molecule has 0 spiro atoms. The van der Waals surface area contributed by atoms with E-state index in [4.69, 9.17) is 21.5 Å². The second-order valence-corrected chi connectivity index (χ2v) is 13.1. The van der Waals surface area contributed by atoms with Crippen molar-refractivity contribution in [2.24, 2.45) is 11.1 Å². The quantitative estimate of drug-likeness (QED) is 0.170. The lowest BCUT2D eigenvalue weighted by Crippen LogP contribution is -2.25. The van der Waals surface area contributed by atoms with Gasteiger partial charge in [-0.15, -0.1) is 0 Å². The molecule has 2 unspecified atom stereocenters. The molecular weight excluding hydrogens is 642 g/mol. The van der Waals surface area contributed by atoms with Crippen molar-refractivity contribution in [2.75, 3.05) is 10.6 Å². The number of benzene rings is 2. The summed E-state index contributed by atoms with van der Waals surface area (Å²) >= 11 is 5.93. The Morgan fingerprint density at radius 1 is 0.936 bits per heavy atom. The Balaban J connectivity index is 0.000000183. The van der Waals surface area contributed by atoms with Gasteiger partial charge in [0.25, 0.3) is 11.6 Å². The fourth-order valence-electron chi connectivity index (χ4n) is 5.40. The molecule has 0 amide bonds. The van der Waals surface area contributed by atoms with Crippen molar-refractivity contribution in [1.29, 1.82) is 0 Å². The minimum Gasteiger partial charge on any atom is -0.474 e. The second kappa shape index (κ2) is 14.3. The summed E-state index contributed by atoms with van der Waals surface area (Å²) in [6, 6.07) is 19.8. The summed E-state index contributed by atoms with van der Waals surface area (Å²) in [5.41, 5.74) is 1.86. The summed E-state index contributed by atoms with van der Waals surface area (Å²) < 4.78 is 32.2. The van der Waals surface area contributed by atoms with Crippen LogP contribution in [0.3, 0.4) is 0 Å². The number of halogens is 1. The minimum atomic E-state index is -3.73. The molecule has 14 nitrogen and oxygen atoms in total. The molecule has 4 N–H and O–H groups in total. The Hall–Kier alpha value is -4.86. The Kier molecular flexibility index (Phi) is 9.75. The number of hydrogen-bond donors (Lipinski definition) is 3. The molecule has 0 radical (unpaired) electrons. The van der Waals surface area contributed by atoms with Gasteiger partial charge in [0.05, 0.1) is 4.90 Å². The lowest BCUT2D eigenvalue weighted by atomic mass is 9.85. The molecule has 1 saturated carbocycles. The van der Waals surface area contributed by atoms with Crippen LogP contribution in [0.2, 0.25) is 5.15 Å². The molecule has 7 rings (SSSR count). The smallest absolute Gasteiger partial charge is 0.257 e. The van der Waals surface area contributed by atoms with Crippen molar-refractivity contribution in [1.82, 2.24) is 39.2 Å². The number of anilines is 3. The maximum Gasteiger partial charge on any atom is 0.257 e. The number of nitrogens with zero attached hydrogens (tertiary/aromatic N) is 8. The molecule has 1 aliphatic rings. The number of hydrogen-bond acceptors (Lipinski definition) is 11. The maximum atomic E-state index is 11.4. The van der Waals surface area contributed by atoms with Crippen molar-refractivity contribution in [3.63, 3.8) is 0 Å². The largest absolute Gasteiger partial charge is 0.474 e. The van der Waals surface area contributed by atoms with Crippen molar-refractivity contribution in [3.05, 3.63) is 90.1 Å². The van der Waals surface area contributed by atoms with Gasteiger partial charge in [0.2, 0.25) is 15.9 Å². The number of ether oxygens (including phenoxy) is 1. The summed E-state index contributed by atoms with van der Waals surface area (Å²) in [5.74, 6) is 3.49. The molecule has 0 aliphatic heterocycles. The van der Waals surface area contributed by atoms with E-state index in [0.29, 0.717) is 46.6 Å². The van der Waals surface area contributed by atoms with Gasteiger partial charge in [-0.1, -0.05) is 61.7 Å². The molecule has 2 atom stereocenters. The molecule has 47 heavy (non-hydrogen) atoms. The fraction of sp³-hybridized carbons (Fsp3) is 0.290. The van der Waals surface area contributed by atoms with Crippen LogP contribution in [0, 0.1) is 5.92 Å². The Labute approximate surface area is 276 Å². The van der Waals surface area contributed by atoms with Crippen LogP contribution in [-0.2, 0) is 16.6 Å². The zero-order valence-corrected chi connectivity index (χ0v) is 27.1. The Bertz CT molecular complexity index is 2050. The van der Waals surface area contributed by atoms with Crippen molar-refractivity contribution in [2.45, 2.75) is 56.6 Å². The molecule has 4 heterocycles. The van der Waals surface area contributed by atoms with E-state index in [0.717, 1.165) is 31.5 Å². The summed E-state index contributed by atoms with van der Waals surface area (Å²) in [4.78, 5) is 16.8. The molecule has 244 valence electrons. The first kappa shape index (κ1) is 32.1. The standard InChI is InChI=1S/C19H24N6O3S.C12H10ClN5/c1-2-13-4-3-5-15(10-13)28-18-11-17(25-19(24-18)21-12-22-25)23-14-6-8-16(9-7-14)29(20,26)27;13-10-6-11(18-12(17-10)15-8-16-18)14-7-9-4-2-1-3-5-9/h6-9,11-13,15,23H,2-5,10H2,1H3,(H2,20,26,27);1-6,8,14H,7H2. The molecule has 2 aromatic carbocycles. The van der Waals surface area contributed by atoms with Gasteiger partial charge in [0, 0.05) is 24.4 Å². The van der Waals surface area contributed by atoms with Gasteiger partial charge in [0.1, 0.15) is 35.5 Å². The number of fused-ring (bicyclic) bond motifs is 2. The third-order valence-electron chi connectivity index (χ3n) is 7.82. The number of aromatic nitrogens is 8. The van der Waals surface area contributed by atoms with Gasteiger partial charge >= 0.3 is 0 Å². The lowest BCUT2D eigenvalue weighted by molar-refractivity contribution is 0.117. The number of rotatable bonds is 9. The Morgan fingerprint density at radius 3 is 2.34 bits per heavy atom. The van der Waals surface area contributed by atoms with Crippen LogP contribution in [0.25, 0.3) is 11.6 Å². The van der Waals surface area contributed by atoms with Gasteiger partial charge < -0.3 is 15.4 Å². The SMILES string of the molecule is CCC1CCCC(Oc2cc(Nc3ccc(S(N)(=O)=O)cc3)n3ncnc3n2)C1.Clc1cc(NCc2ccccc2)n2ncnc2n1. The van der Waals surface area contributed by atoms with E-state index in [2.05, 4.69) is 47.7 Å². The molecular formula is C31H34ClN11O3S. The summed E-state index contributed by atoms with van der Waals surface area (Å²) in [5, 5.41) is 20.3. The first-order valence-corrected chi connectivity index (χ1v) is 17.1. The second-order valence-electron chi connectivity index (χ2n) is 11.1. The van der Waals surface area contributed by atoms with Crippen LogP contribution in [0.5, 0.6) is 5.88 Å². The fourth-order valence-corrected chi connectivity index (χ4v) is 6.10. The van der Waals surface area contributed by atoms with E-state index in [1.165, 1.54) is 36.8 Å². The third kappa shape index (κ3) is 8.11. The summed E-state index contributed by atoms with van der Waals surface area (Å²) in [6.45, 7) is 2.91. The summed E-state index contributed by atoms with van der Waals surface area (Å²) in [7, 11) is -3.73. The van der Waals surface area contributed by atoms with Crippen molar-refractivity contribution >= 4 is 50.5 Å². The van der Waals surface area contributed by atoms with Gasteiger partial charge in [-0.3, -0.25) is 0 Å². The lowest BCUT2D eigenvalue weighted by Gasteiger charge is -2.28. The summed E-state index contributed by atoms with van der Waals surface area (Å²) in [6.07, 6.45) is 8.67. The highest BCUT2D eigenvalue weighted by molar-refractivity contribution is 7.89. The van der Waals surface area contributed by atoms with Crippen LogP contribution >= 0.6 is 11.6 Å². The van der Waals surface area contributed by atoms with E-state index in [-0.39, 0.29) is 11.0 Å².